The fraction of sp³-hybridized carbons (Fsp3) is 0.333. The van der Waals surface area contributed by atoms with Gasteiger partial charge in [0.15, 0.2) is 0 Å². The molecule has 1 saturated carbocycles. The average molecular weight is 322 g/mol. The Labute approximate surface area is 144 Å². The van der Waals surface area contributed by atoms with E-state index in [4.69, 9.17) is 16.2 Å². The molecule has 0 saturated heterocycles. The first-order valence-electron chi connectivity index (χ1n) is 8.67. The molecule has 0 spiro atoms. The molecule has 3 rings (SSSR count). The molecular weight excluding hydrogens is 296 g/mol. The molecule has 3 nitrogen and oxygen atoms in total. The highest BCUT2D eigenvalue weighted by molar-refractivity contribution is 5.59. The highest BCUT2D eigenvalue weighted by atomic mass is 16.5. The number of nitrogens with two attached hydrogens (primary N) is 2. The van der Waals surface area contributed by atoms with Crippen LogP contribution in [0.4, 0.5) is 11.4 Å². The Morgan fingerprint density at radius 1 is 1.00 bits per heavy atom. The van der Waals surface area contributed by atoms with E-state index in [1.165, 1.54) is 11.1 Å². The van der Waals surface area contributed by atoms with Gasteiger partial charge in [-0.05, 0) is 61.3 Å². The molecule has 2 aromatic carbocycles. The van der Waals surface area contributed by atoms with Gasteiger partial charge in [-0.1, -0.05) is 30.3 Å². The quantitative estimate of drug-likeness (QED) is 0.620. The zero-order valence-corrected chi connectivity index (χ0v) is 14.1. The van der Waals surface area contributed by atoms with Gasteiger partial charge in [0.2, 0.25) is 0 Å². The van der Waals surface area contributed by atoms with Crippen molar-refractivity contribution in [2.75, 3.05) is 11.5 Å². The summed E-state index contributed by atoms with van der Waals surface area (Å²) >= 11 is 0. The van der Waals surface area contributed by atoms with Crippen LogP contribution in [-0.4, -0.2) is 6.10 Å². The Morgan fingerprint density at radius 3 is 2.38 bits per heavy atom. The molecule has 24 heavy (non-hydrogen) atoms. The minimum absolute atomic E-state index is 0.227. The normalized spacial score (nSPS) is 20.5. The zero-order chi connectivity index (χ0) is 16.9. The van der Waals surface area contributed by atoms with Gasteiger partial charge in [-0.2, -0.15) is 0 Å². The second-order valence-electron chi connectivity index (χ2n) is 6.62. The fourth-order valence-electron chi connectivity index (χ4n) is 3.44. The molecule has 1 fully saturated rings. The van der Waals surface area contributed by atoms with E-state index in [0.29, 0.717) is 23.0 Å². The summed E-state index contributed by atoms with van der Waals surface area (Å²) in [4.78, 5) is 0. The van der Waals surface area contributed by atoms with E-state index in [1.807, 2.05) is 12.1 Å². The third-order valence-corrected chi connectivity index (χ3v) is 4.84. The summed E-state index contributed by atoms with van der Waals surface area (Å²) in [6.45, 7) is 3.79. The minimum atomic E-state index is 0.227. The number of rotatable bonds is 5. The molecule has 0 unspecified atom stereocenters. The van der Waals surface area contributed by atoms with Gasteiger partial charge in [-0.25, -0.2) is 0 Å². The monoisotopic (exact) mass is 322 g/mol. The Bertz CT molecular complexity index is 685. The summed E-state index contributed by atoms with van der Waals surface area (Å²) in [5.41, 5.74) is 15.9. The number of anilines is 2. The van der Waals surface area contributed by atoms with Crippen LogP contribution < -0.4 is 16.2 Å². The van der Waals surface area contributed by atoms with E-state index in [0.717, 1.165) is 32.1 Å². The van der Waals surface area contributed by atoms with E-state index >= 15 is 0 Å². The highest BCUT2D eigenvalue weighted by Gasteiger charge is 2.24. The number of hydrogen-bond donors (Lipinski definition) is 2. The molecule has 4 N–H and O–H groups in total. The van der Waals surface area contributed by atoms with Crippen molar-refractivity contribution in [1.29, 1.82) is 0 Å². The van der Waals surface area contributed by atoms with Gasteiger partial charge in [-0.15, -0.1) is 6.58 Å². The van der Waals surface area contributed by atoms with Crippen molar-refractivity contribution >= 4 is 11.4 Å². The van der Waals surface area contributed by atoms with Crippen LogP contribution in [0, 0.1) is 0 Å². The first-order chi connectivity index (χ1) is 11.7. The van der Waals surface area contributed by atoms with E-state index in [2.05, 4.69) is 30.8 Å². The van der Waals surface area contributed by atoms with Crippen molar-refractivity contribution < 1.29 is 4.74 Å². The fourth-order valence-corrected chi connectivity index (χ4v) is 3.44. The van der Waals surface area contributed by atoms with Crippen molar-refractivity contribution in [3.8, 4) is 5.75 Å². The van der Waals surface area contributed by atoms with Gasteiger partial charge in [0.25, 0.3) is 0 Å². The summed E-state index contributed by atoms with van der Waals surface area (Å²) in [5, 5.41) is 0. The molecule has 2 aromatic rings. The second kappa shape index (κ2) is 7.43. The van der Waals surface area contributed by atoms with Crippen LogP contribution in [0.15, 0.2) is 55.1 Å². The number of nitrogen functional groups attached to an aromatic ring is 2. The van der Waals surface area contributed by atoms with E-state index in [1.54, 1.807) is 12.1 Å². The molecule has 0 bridgehead atoms. The molecule has 0 atom stereocenters. The first-order valence-corrected chi connectivity index (χ1v) is 8.67. The molecule has 3 heteroatoms. The summed E-state index contributed by atoms with van der Waals surface area (Å²) in [5.74, 6) is 1.34. The summed E-state index contributed by atoms with van der Waals surface area (Å²) in [7, 11) is 0. The van der Waals surface area contributed by atoms with Gasteiger partial charge in [0.05, 0.1) is 11.8 Å². The van der Waals surface area contributed by atoms with Gasteiger partial charge >= 0.3 is 0 Å². The lowest BCUT2D eigenvalue weighted by molar-refractivity contribution is 0.147. The number of allylic oxidation sites excluding steroid dienone is 1. The maximum Gasteiger partial charge on any atom is 0.144 e. The first kappa shape index (κ1) is 16.4. The van der Waals surface area contributed by atoms with Crippen molar-refractivity contribution in [2.24, 2.45) is 0 Å². The lowest BCUT2D eigenvalue weighted by Crippen LogP contribution is -2.23. The summed E-state index contributed by atoms with van der Waals surface area (Å²) in [6.07, 6.45) is 7.50. The minimum Gasteiger partial charge on any atom is -0.488 e. The van der Waals surface area contributed by atoms with Gasteiger partial charge in [-0.3, -0.25) is 0 Å². The van der Waals surface area contributed by atoms with Crippen LogP contribution in [0.2, 0.25) is 0 Å². The van der Waals surface area contributed by atoms with Crippen molar-refractivity contribution in [1.82, 2.24) is 0 Å². The Hall–Kier alpha value is -2.42. The summed E-state index contributed by atoms with van der Waals surface area (Å²) in [6, 6.07) is 14.4. The Morgan fingerprint density at radius 2 is 1.71 bits per heavy atom. The molecule has 1 aliphatic carbocycles. The molecule has 1 aliphatic rings. The second-order valence-corrected chi connectivity index (χ2v) is 6.62. The summed E-state index contributed by atoms with van der Waals surface area (Å²) < 4.78 is 6.09. The standard InChI is InChI=1S/C21H26N2O/c1-2-3-15-4-6-16(7-5-15)17-8-11-19(12-9-17)24-21-14-18(22)10-13-20(21)23/h2,4-7,10,13-14,17,19H,1,3,8-9,11-12,22-23H2. The van der Waals surface area contributed by atoms with Crippen LogP contribution in [0.25, 0.3) is 0 Å². The molecular formula is C21H26N2O. The van der Waals surface area contributed by atoms with E-state index < -0.39 is 0 Å². The average Bonchev–Trinajstić information content (AvgIpc) is 2.60. The maximum absolute atomic E-state index is 6.09. The predicted molar refractivity (Wildman–Crippen MR) is 101 cm³/mol. The zero-order valence-electron chi connectivity index (χ0n) is 14.1. The number of ether oxygens (including phenoxy) is 1. The molecule has 0 radical (unpaired) electrons. The molecule has 0 heterocycles. The molecule has 0 aliphatic heterocycles. The lowest BCUT2D eigenvalue weighted by atomic mass is 9.82. The van der Waals surface area contributed by atoms with Crippen molar-refractivity contribution in [3.63, 3.8) is 0 Å². The van der Waals surface area contributed by atoms with Crippen molar-refractivity contribution in [2.45, 2.75) is 44.1 Å². The largest absolute Gasteiger partial charge is 0.488 e. The van der Waals surface area contributed by atoms with E-state index in [-0.39, 0.29) is 6.10 Å². The Balaban J connectivity index is 1.57. The van der Waals surface area contributed by atoms with E-state index in [9.17, 15) is 0 Å². The molecule has 0 aromatic heterocycles. The van der Waals surface area contributed by atoms with Gasteiger partial charge < -0.3 is 16.2 Å². The van der Waals surface area contributed by atoms with Gasteiger partial charge in [0, 0.05) is 11.8 Å². The predicted octanol–water partition coefficient (Wildman–Crippen LogP) is 4.68. The number of benzene rings is 2. The van der Waals surface area contributed by atoms with Crippen LogP contribution in [0.1, 0.15) is 42.7 Å². The maximum atomic E-state index is 6.09. The SMILES string of the molecule is C=CCc1ccc(C2CCC(Oc3cc(N)ccc3N)CC2)cc1. The molecule has 126 valence electrons. The molecule has 0 amide bonds. The topological polar surface area (TPSA) is 61.3 Å². The van der Waals surface area contributed by atoms with Crippen LogP contribution in [0.3, 0.4) is 0 Å². The Kier molecular flexibility index (Phi) is 5.09. The third kappa shape index (κ3) is 3.91. The van der Waals surface area contributed by atoms with Gasteiger partial charge in [0.1, 0.15) is 5.75 Å². The van der Waals surface area contributed by atoms with Crippen LogP contribution in [0.5, 0.6) is 5.75 Å². The van der Waals surface area contributed by atoms with Crippen LogP contribution in [-0.2, 0) is 6.42 Å². The smallest absolute Gasteiger partial charge is 0.144 e. The third-order valence-electron chi connectivity index (χ3n) is 4.84. The number of hydrogen-bond acceptors (Lipinski definition) is 3. The van der Waals surface area contributed by atoms with Crippen molar-refractivity contribution in [3.05, 3.63) is 66.2 Å². The highest BCUT2D eigenvalue weighted by Crippen LogP contribution is 2.36. The lowest BCUT2D eigenvalue weighted by Gasteiger charge is -2.29. The van der Waals surface area contributed by atoms with Crippen LogP contribution >= 0.6 is 0 Å².